The van der Waals surface area contributed by atoms with Gasteiger partial charge < -0.3 is 9.30 Å². The van der Waals surface area contributed by atoms with Gasteiger partial charge in [-0.2, -0.15) is 0 Å². The molecule has 3 aromatic rings. The van der Waals surface area contributed by atoms with E-state index < -0.39 is 0 Å². The molecular formula is C18H22N4O2S. The van der Waals surface area contributed by atoms with Crippen molar-refractivity contribution in [1.82, 2.24) is 18.9 Å². The van der Waals surface area contributed by atoms with E-state index in [0.717, 1.165) is 34.3 Å². The van der Waals surface area contributed by atoms with Crippen molar-refractivity contribution in [1.29, 1.82) is 0 Å². The van der Waals surface area contributed by atoms with E-state index in [2.05, 4.69) is 21.5 Å². The highest BCUT2D eigenvalue weighted by Gasteiger charge is 2.12. The molecule has 0 radical (unpaired) electrons. The van der Waals surface area contributed by atoms with E-state index >= 15 is 0 Å². The van der Waals surface area contributed by atoms with E-state index in [1.807, 2.05) is 32.2 Å². The molecule has 0 N–H and O–H groups in total. The molecule has 0 amide bonds. The Hall–Kier alpha value is -2.12. The van der Waals surface area contributed by atoms with Gasteiger partial charge in [-0.15, -0.1) is 0 Å². The van der Waals surface area contributed by atoms with Gasteiger partial charge in [0.25, 0.3) is 5.56 Å². The first-order valence-electron chi connectivity index (χ1n) is 8.14. The molecule has 0 aliphatic heterocycles. The molecule has 3 rings (SSSR count). The van der Waals surface area contributed by atoms with E-state index in [4.69, 9.17) is 4.74 Å². The average Bonchev–Trinajstić information content (AvgIpc) is 2.86. The van der Waals surface area contributed by atoms with Crippen LogP contribution in [0.4, 0.5) is 0 Å². The summed E-state index contributed by atoms with van der Waals surface area (Å²) in [5.41, 5.74) is 4.56. The number of aryl methyl sites for hydroxylation is 2. The van der Waals surface area contributed by atoms with Crippen LogP contribution in [0.1, 0.15) is 22.6 Å². The van der Waals surface area contributed by atoms with Crippen molar-refractivity contribution in [2.24, 2.45) is 0 Å². The minimum absolute atomic E-state index is 0.0561. The Bertz CT molecular complexity index is 962. The Morgan fingerprint density at radius 1 is 1.20 bits per heavy atom. The monoisotopic (exact) mass is 358 g/mol. The lowest BCUT2D eigenvalue weighted by Crippen LogP contribution is -2.15. The highest BCUT2D eigenvalue weighted by atomic mass is 32.2. The quantitative estimate of drug-likeness (QED) is 0.634. The third-order valence-electron chi connectivity index (χ3n) is 4.15. The molecule has 25 heavy (non-hydrogen) atoms. The number of rotatable bonds is 6. The summed E-state index contributed by atoms with van der Waals surface area (Å²) < 4.78 is 8.92. The molecule has 0 aromatic carbocycles. The molecule has 6 nitrogen and oxygen atoms in total. The van der Waals surface area contributed by atoms with Gasteiger partial charge in [-0.25, -0.2) is 9.97 Å². The van der Waals surface area contributed by atoms with Crippen molar-refractivity contribution in [3.8, 4) is 0 Å². The molecule has 0 fully saturated rings. The van der Waals surface area contributed by atoms with Crippen molar-refractivity contribution in [3.05, 3.63) is 57.4 Å². The van der Waals surface area contributed by atoms with E-state index in [0.29, 0.717) is 18.0 Å². The van der Waals surface area contributed by atoms with Crippen LogP contribution in [0.25, 0.3) is 5.65 Å². The van der Waals surface area contributed by atoms with E-state index in [1.165, 1.54) is 0 Å². The molecule has 3 heterocycles. The SMILES string of the molecule is COCCn1c(SCc2cc(=O)n3cc(C)ccc3n2)nc(C)c1C. The van der Waals surface area contributed by atoms with Crippen LogP contribution in [0.3, 0.4) is 0 Å². The molecule has 7 heteroatoms. The van der Waals surface area contributed by atoms with Crippen molar-refractivity contribution in [2.75, 3.05) is 13.7 Å². The fourth-order valence-corrected chi connectivity index (χ4v) is 3.66. The molecule has 0 aliphatic rings. The van der Waals surface area contributed by atoms with E-state index in [9.17, 15) is 4.79 Å². The first-order chi connectivity index (χ1) is 12.0. The van der Waals surface area contributed by atoms with Crippen LogP contribution in [0, 0.1) is 20.8 Å². The number of fused-ring (bicyclic) bond motifs is 1. The van der Waals surface area contributed by atoms with Crippen molar-refractivity contribution >= 4 is 17.4 Å². The topological polar surface area (TPSA) is 61.4 Å². The number of pyridine rings is 1. The largest absolute Gasteiger partial charge is 0.383 e. The smallest absolute Gasteiger partial charge is 0.258 e. The summed E-state index contributed by atoms with van der Waals surface area (Å²) in [5.74, 6) is 0.600. The number of hydrogen-bond acceptors (Lipinski definition) is 5. The molecule has 0 saturated carbocycles. The zero-order valence-electron chi connectivity index (χ0n) is 14.9. The minimum atomic E-state index is -0.0561. The molecule has 0 atom stereocenters. The number of nitrogens with zero attached hydrogens (tertiary/aromatic N) is 4. The Labute approximate surface area is 150 Å². The van der Waals surface area contributed by atoms with Crippen molar-refractivity contribution in [2.45, 2.75) is 38.2 Å². The number of methoxy groups -OCH3 is 1. The van der Waals surface area contributed by atoms with E-state index in [-0.39, 0.29) is 5.56 Å². The van der Waals surface area contributed by atoms with Crippen LogP contribution < -0.4 is 5.56 Å². The van der Waals surface area contributed by atoms with Gasteiger partial charge in [0.05, 0.1) is 18.0 Å². The van der Waals surface area contributed by atoms with Crippen LogP contribution in [0.2, 0.25) is 0 Å². The lowest BCUT2D eigenvalue weighted by Gasteiger charge is -2.09. The minimum Gasteiger partial charge on any atom is -0.383 e. The van der Waals surface area contributed by atoms with Gasteiger partial charge in [0.15, 0.2) is 5.16 Å². The molecule has 0 bridgehead atoms. The predicted octanol–water partition coefficient (Wildman–Crippen LogP) is 2.75. The summed E-state index contributed by atoms with van der Waals surface area (Å²) in [6.07, 6.45) is 1.81. The zero-order valence-corrected chi connectivity index (χ0v) is 15.8. The Kier molecular flexibility index (Phi) is 5.24. The van der Waals surface area contributed by atoms with Crippen LogP contribution in [0.5, 0.6) is 0 Å². The van der Waals surface area contributed by atoms with Gasteiger partial charge in [-0.1, -0.05) is 17.8 Å². The Morgan fingerprint density at radius 3 is 2.76 bits per heavy atom. The highest BCUT2D eigenvalue weighted by molar-refractivity contribution is 7.98. The summed E-state index contributed by atoms with van der Waals surface area (Å²) in [6, 6.07) is 5.43. The van der Waals surface area contributed by atoms with E-state index in [1.54, 1.807) is 29.3 Å². The van der Waals surface area contributed by atoms with Gasteiger partial charge >= 0.3 is 0 Å². The molecule has 132 valence electrons. The van der Waals surface area contributed by atoms with Crippen LogP contribution in [0.15, 0.2) is 34.3 Å². The fourth-order valence-electron chi connectivity index (χ4n) is 2.65. The third kappa shape index (κ3) is 3.77. The summed E-state index contributed by atoms with van der Waals surface area (Å²) in [4.78, 5) is 21.5. The maximum absolute atomic E-state index is 12.3. The summed E-state index contributed by atoms with van der Waals surface area (Å²) in [7, 11) is 1.69. The summed E-state index contributed by atoms with van der Waals surface area (Å²) in [5, 5.41) is 0.929. The zero-order chi connectivity index (χ0) is 18.0. The Balaban J connectivity index is 1.84. The van der Waals surface area contributed by atoms with Crippen LogP contribution in [-0.4, -0.2) is 32.7 Å². The molecule has 0 saturated heterocycles. The number of hydrogen-bond donors (Lipinski definition) is 0. The molecule has 0 unspecified atom stereocenters. The van der Waals surface area contributed by atoms with Crippen molar-refractivity contribution < 1.29 is 4.74 Å². The van der Waals surface area contributed by atoms with Gasteiger partial charge in [-0.3, -0.25) is 9.20 Å². The molecule has 3 aromatic heterocycles. The average molecular weight is 358 g/mol. The van der Waals surface area contributed by atoms with Gasteiger partial charge in [0.2, 0.25) is 0 Å². The van der Waals surface area contributed by atoms with Gasteiger partial charge in [0.1, 0.15) is 5.65 Å². The summed E-state index contributed by atoms with van der Waals surface area (Å²) >= 11 is 1.59. The standard InChI is InChI=1S/C18H22N4O2S/c1-12-5-6-16-20-15(9-17(23)22(16)10-12)11-25-18-19-13(2)14(3)21(18)7-8-24-4/h5-6,9-10H,7-8,11H2,1-4H3. The second kappa shape index (κ2) is 7.41. The number of imidazole rings is 1. The number of aromatic nitrogens is 4. The Morgan fingerprint density at radius 2 is 2.00 bits per heavy atom. The molecule has 0 spiro atoms. The normalized spacial score (nSPS) is 11.4. The molecular weight excluding hydrogens is 336 g/mol. The van der Waals surface area contributed by atoms with Crippen LogP contribution >= 0.6 is 11.8 Å². The fraction of sp³-hybridized carbons (Fsp3) is 0.389. The van der Waals surface area contributed by atoms with Gasteiger partial charge in [-0.05, 0) is 32.4 Å². The number of ether oxygens (including phenoxy) is 1. The number of thioether (sulfide) groups is 1. The second-order valence-corrected chi connectivity index (χ2v) is 6.96. The summed E-state index contributed by atoms with van der Waals surface area (Å²) in [6.45, 7) is 7.43. The molecule has 0 aliphatic carbocycles. The van der Waals surface area contributed by atoms with Crippen molar-refractivity contribution in [3.63, 3.8) is 0 Å². The highest BCUT2D eigenvalue weighted by Crippen LogP contribution is 2.24. The van der Waals surface area contributed by atoms with Gasteiger partial charge in [0, 0.05) is 37.4 Å². The first-order valence-corrected chi connectivity index (χ1v) is 9.12. The maximum Gasteiger partial charge on any atom is 0.258 e. The third-order valence-corrected chi connectivity index (χ3v) is 5.16. The lowest BCUT2D eigenvalue weighted by atomic mass is 10.3. The predicted molar refractivity (Wildman–Crippen MR) is 99.3 cm³/mol. The first kappa shape index (κ1) is 17.7. The lowest BCUT2D eigenvalue weighted by molar-refractivity contribution is 0.184. The second-order valence-electron chi connectivity index (χ2n) is 6.02. The van der Waals surface area contributed by atoms with Crippen LogP contribution in [-0.2, 0) is 17.0 Å². The maximum atomic E-state index is 12.3.